The molecule has 0 radical (unpaired) electrons. The number of benzene rings is 1. The molecule has 0 saturated heterocycles. The SMILES string of the molecule is CCCC(N)c1ccc(CNC(=O)OC(C)(C)C)cc1. The summed E-state index contributed by atoms with van der Waals surface area (Å²) in [5.74, 6) is 0. The van der Waals surface area contributed by atoms with Gasteiger partial charge in [0.05, 0.1) is 0 Å². The first-order valence-corrected chi connectivity index (χ1v) is 7.13. The van der Waals surface area contributed by atoms with Crippen LogP contribution in [0.2, 0.25) is 0 Å². The number of alkyl carbamates (subject to hydrolysis) is 1. The van der Waals surface area contributed by atoms with E-state index in [1.54, 1.807) is 0 Å². The van der Waals surface area contributed by atoms with Crippen molar-refractivity contribution in [1.29, 1.82) is 0 Å². The van der Waals surface area contributed by atoms with Crippen LogP contribution in [0.4, 0.5) is 4.79 Å². The predicted octanol–water partition coefficient (Wildman–Crippen LogP) is 3.51. The van der Waals surface area contributed by atoms with Gasteiger partial charge in [-0.1, -0.05) is 37.6 Å². The Morgan fingerprint density at radius 2 is 1.90 bits per heavy atom. The minimum absolute atomic E-state index is 0.0906. The van der Waals surface area contributed by atoms with Crippen molar-refractivity contribution in [2.75, 3.05) is 0 Å². The molecule has 1 unspecified atom stereocenters. The quantitative estimate of drug-likeness (QED) is 0.866. The van der Waals surface area contributed by atoms with E-state index < -0.39 is 11.7 Å². The van der Waals surface area contributed by atoms with Crippen molar-refractivity contribution < 1.29 is 9.53 Å². The summed E-state index contributed by atoms with van der Waals surface area (Å²) in [6.07, 6.45) is 1.66. The van der Waals surface area contributed by atoms with Crippen LogP contribution >= 0.6 is 0 Å². The van der Waals surface area contributed by atoms with E-state index in [2.05, 4.69) is 12.2 Å². The van der Waals surface area contributed by atoms with Crippen molar-refractivity contribution in [3.63, 3.8) is 0 Å². The summed E-state index contributed by atoms with van der Waals surface area (Å²) in [4.78, 5) is 11.5. The van der Waals surface area contributed by atoms with Gasteiger partial charge in [0, 0.05) is 12.6 Å². The van der Waals surface area contributed by atoms with Gasteiger partial charge in [0.1, 0.15) is 5.60 Å². The van der Waals surface area contributed by atoms with E-state index in [0.29, 0.717) is 6.54 Å². The zero-order valence-electron chi connectivity index (χ0n) is 12.9. The molecule has 1 amide bonds. The van der Waals surface area contributed by atoms with Crippen LogP contribution in [0.5, 0.6) is 0 Å². The van der Waals surface area contributed by atoms with Crippen LogP contribution < -0.4 is 11.1 Å². The summed E-state index contributed by atoms with van der Waals surface area (Å²) in [5, 5.41) is 2.74. The molecular weight excluding hydrogens is 252 g/mol. The maximum atomic E-state index is 11.5. The average Bonchev–Trinajstić information content (AvgIpc) is 2.35. The Hall–Kier alpha value is -1.55. The number of nitrogens with two attached hydrogens (primary N) is 1. The number of ether oxygens (including phenoxy) is 1. The molecule has 0 heterocycles. The van der Waals surface area contributed by atoms with Crippen molar-refractivity contribution in [1.82, 2.24) is 5.32 Å². The lowest BCUT2D eigenvalue weighted by Crippen LogP contribution is -2.32. The summed E-state index contributed by atoms with van der Waals surface area (Å²) in [5.41, 5.74) is 7.75. The van der Waals surface area contributed by atoms with E-state index in [0.717, 1.165) is 24.0 Å². The number of amides is 1. The van der Waals surface area contributed by atoms with E-state index in [9.17, 15) is 4.79 Å². The Labute approximate surface area is 121 Å². The minimum Gasteiger partial charge on any atom is -0.444 e. The maximum absolute atomic E-state index is 11.5. The summed E-state index contributed by atoms with van der Waals surface area (Å²) >= 11 is 0. The van der Waals surface area contributed by atoms with Gasteiger partial charge in [0.25, 0.3) is 0 Å². The molecule has 112 valence electrons. The molecule has 0 saturated carbocycles. The Morgan fingerprint density at radius 1 is 1.30 bits per heavy atom. The fourth-order valence-corrected chi connectivity index (χ4v) is 1.85. The molecule has 0 aliphatic rings. The van der Waals surface area contributed by atoms with Crippen molar-refractivity contribution in [2.24, 2.45) is 5.73 Å². The van der Waals surface area contributed by atoms with Crippen LogP contribution in [0.1, 0.15) is 57.7 Å². The normalized spacial score (nSPS) is 12.8. The second kappa shape index (κ2) is 7.29. The molecular formula is C16H26N2O2. The Balaban J connectivity index is 2.48. The highest BCUT2D eigenvalue weighted by Crippen LogP contribution is 2.16. The molecule has 0 aliphatic heterocycles. The van der Waals surface area contributed by atoms with E-state index in [-0.39, 0.29) is 6.04 Å². The van der Waals surface area contributed by atoms with Crippen LogP contribution in [0, 0.1) is 0 Å². The first kappa shape index (κ1) is 16.5. The monoisotopic (exact) mass is 278 g/mol. The summed E-state index contributed by atoms with van der Waals surface area (Å²) in [7, 11) is 0. The Kier molecular flexibility index (Phi) is 6.02. The maximum Gasteiger partial charge on any atom is 0.407 e. The van der Waals surface area contributed by atoms with Gasteiger partial charge in [-0.15, -0.1) is 0 Å². The van der Waals surface area contributed by atoms with E-state index in [1.807, 2.05) is 45.0 Å². The molecule has 4 nitrogen and oxygen atoms in total. The molecule has 20 heavy (non-hydrogen) atoms. The van der Waals surface area contributed by atoms with Gasteiger partial charge < -0.3 is 15.8 Å². The van der Waals surface area contributed by atoms with Crippen LogP contribution in [-0.4, -0.2) is 11.7 Å². The van der Waals surface area contributed by atoms with Gasteiger partial charge in [-0.3, -0.25) is 0 Å². The lowest BCUT2D eigenvalue weighted by Gasteiger charge is -2.19. The number of hydrogen-bond acceptors (Lipinski definition) is 3. The van der Waals surface area contributed by atoms with Crippen molar-refractivity contribution >= 4 is 6.09 Å². The van der Waals surface area contributed by atoms with Gasteiger partial charge in [-0.25, -0.2) is 4.79 Å². The van der Waals surface area contributed by atoms with Crippen molar-refractivity contribution in [3.05, 3.63) is 35.4 Å². The largest absolute Gasteiger partial charge is 0.444 e. The van der Waals surface area contributed by atoms with Gasteiger partial charge in [-0.05, 0) is 38.3 Å². The van der Waals surface area contributed by atoms with Gasteiger partial charge in [0.2, 0.25) is 0 Å². The predicted molar refractivity (Wildman–Crippen MR) is 81.4 cm³/mol. The van der Waals surface area contributed by atoms with Crippen LogP contribution in [0.25, 0.3) is 0 Å². The summed E-state index contributed by atoms with van der Waals surface area (Å²) in [6, 6.07) is 8.11. The van der Waals surface area contributed by atoms with E-state index >= 15 is 0 Å². The van der Waals surface area contributed by atoms with E-state index in [4.69, 9.17) is 10.5 Å². The fourth-order valence-electron chi connectivity index (χ4n) is 1.85. The smallest absolute Gasteiger partial charge is 0.407 e. The zero-order valence-corrected chi connectivity index (χ0v) is 12.9. The molecule has 1 atom stereocenters. The molecule has 1 aromatic carbocycles. The van der Waals surface area contributed by atoms with E-state index in [1.165, 1.54) is 0 Å². The molecule has 1 aromatic rings. The Bertz CT molecular complexity index is 421. The fraction of sp³-hybridized carbons (Fsp3) is 0.562. The highest BCUT2D eigenvalue weighted by atomic mass is 16.6. The topological polar surface area (TPSA) is 64.3 Å². The molecule has 1 rings (SSSR count). The molecule has 3 N–H and O–H groups in total. The van der Waals surface area contributed by atoms with Crippen LogP contribution in [0.15, 0.2) is 24.3 Å². The summed E-state index contributed by atoms with van der Waals surface area (Å²) < 4.78 is 5.18. The summed E-state index contributed by atoms with van der Waals surface area (Å²) in [6.45, 7) is 8.11. The lowest BCUT2D eigenvalue weighted by molar-refractivity contribution is 0.0523. The molecule has 0 aliphatic carbocycles. The highest BCUT2D eigenvalue weighted by molar-refractivity contribution is 5.67. The molecule has 0 bridgehead atoms. The van der Waals surface area contributed by atoms with Gasteiger partial charge >= 0.3 is 6.09 Å². The number of carbonyl (C=O) groups is 1. The number of carbonyl (C=O) groups excluding carboxylic acids is 1. The third-order valence-electron chi connectivity index (χ3n) is 2.84. The lowest BCUT2D eigenvalue weighted by atomic mass is 10.0. The minimum atomic E-state index is -0.471. The molecule has 0 fully saturated rings. The highest BCUT2D eigenvalue weighted by Gasteiger charge is 2.15. The third kappa shape index (κ3) is 6.06. The zero-order chi connectivity index (χ0) is 15.2. The van der Waals surface area contributed by atoms with Crippen molar-refractivity contribution in [3.8, 4) is 0 Å². The van der Waals surface area contributed by atoms with Crippen LogP contribution in [0.3, 0.4) is 0 Å². The molecule has 4 heteroatoms. The number of rotatable bonds is 5. The molecule has 0 aromatic heterocycles. The van der Waals surface area contributed by atoms with Crippen LogP contribution in [-0.2, 0) is 11.3 Å². The third-order valence-corrected chi connectivity index (χ3v) is 2.84. The first-order valence-electron chi connectivity index (χ1n) is 7.13. The molecule has 0 spiro atoms. The standard InChI is InChI=1S/C16H26N2O2/c1-5-6-14(17)13-9-7-12(8-10-13)11-18-15(19)20-16(2,3)4/h7-10,14H,5-6,11,17H2,1-4H3,(H,18,19). The number of hydrogen-bond donors (Lipinski definition) is 2. The Morgan fingerprint density at radius 3 is 2.40 bits per heavy atom. The first-order chi connectivity index (χ1) is 9.31. The average molecular weight is 278 g/mol. The van der Waals surface area contributed by atoms with Gasteiger partial charge in [-0.2, -0.15) is 0 Å². The second-order valence-corrected chi connectivity index (χ2v) is 5.99. The second-order valence-electron chi connectivity index (χ2n) is 5.99. The number of nitrogens with one attached hydrogen (secondary N) is 1. The van der Waals surface area contributed by atoms with Crippen molar-refractivity contribution in [2.45, 2.75) is 58.7 Å². The van der Waals surface area contributed by atoms with Gasteiger partial charge in [0.15, 0.2) is 0 Å².